The second-order valence-electron chi connectivity index (χ2n) is 7.84. The molecule has 1 amide bonds. The van der Waals surface area contributed by atoms with E-state index >= 15 is 0 Å². The van der Waals surface area contributed by atoms with Crippen molar-refractivity contribution in [1.29, 1.82) is 0 Å². The number of carbonyl (C=O) groups excluding carboxylic acids is 1. The van der Waals surface area contributed by atoms with Gasteiger partial charge in [-0.25, -0.2) is 0 Å². The summed E-state index contributed by atoms with van der Waals surface area (Å²) in [5.41, 5.74) is 3.22. The van der Waals surface area contributed by atoms with Crippen molar-refractivity contribution in [2.75, 3.05) is 19.8 Å². The zero-order valence-corrected chi connectivity index (χ0v) is 17.5. The molecule has 0 unspecified atom stereocenters. The highest BCUT2D eigenvalue weighted by Crippen LogP contribution is 2.38. The number of aromatic nitrogens is 4. The topological polar surface area (TPSA) is 82.4 Å². The van der Waals surface area contributed by atoms with E-state index in [1.54, 1.807) is 0 Å². The summed E-state index contributed by atoms with van der Waals surface area (Å²) in [6.07, 6.45) is 2.87. The summed E-state index contributed by atoms with van der Waals surface area (Å²) in [6, 6.07) is 14.1. The number of tetrazole rings is 1. The van der Waals surface area contributed by atoms with E-state index in [0.29, 0.717) is 19.0 Å². The van der Waals surface area contributed by atoms with Crippen LogP contribution in [-0.2, 0) is 17.8 Å². The van der Waals surface area contributed by atoms with Crippen molar-refractivity contribution in [2.24, 2.45) is 0 Å². The normalized spacial score (nSPS) is 17.7. The van der Waals surface area contributed by atoms with E-state index in [9.17, 15) is 4.79 Å². The molecule has 2 aromatic carbocycles. The minimum absolute atomic E-state index is 0.0114. The molecule has 5 rings (SSSR count). The predicted molar refractivity (Wildman–Crippen MR) is 114 cm³/mol. The average molecular weight is 419 g/mol. The van der Waals surface area contributed by atoms with Crippen LogP contribution in [0.4, 0.5) is 0 Å². The first-order valence-electron chi connectivity index (χ1n) is 10.8. The van der Waals surface area contributed by atoms with Gasteiger partial charge in [0.05, 0.1) is 6.04 Å². The molecule has 0 spiro atoms. The fraction of sp³-hybridized carbons (Fsp3) is 0.391. The summed E-state index contributed by atoms with van der Waals surface area (Å²) >= 11 is 0. The van der Waals surface area contributed by atoms with Crippen LogP contribution in [0.5, 0.6) is 11.5 Å². The number of carbonyl (C=O) groups is 1. The Labute approximate surface area is 180 Å². The van der Waals surface area contributed by atoms with E-state index in [-0.39, 0.29) is 18.5 Å². The van der Waals surface area contributed by atoms with Crippen LogP contribution < -0.4 is 9.47 Å². The van der Waals surface area contributed by atoms with Crippen molar-refractivity contribution in [1.82, 2.24) is 25.1 Å². The number of ether oxygens (including phenoxy) is 2. The van der Waals surface area contributed by atoms with Crippen LogP contribution in [0.1, 0.15) is 36.9 Å². The number of hydrogen-bond donors (Lipinski definition) is 0. The van der Waals surface area contributed by atoms with E-state index in [0.717, 1.165) is 48.4 Å². The summed E-state index contributed by atoms with van der Waals surface area (Å²) in [5.74, 6) is 2.03. The maximum absolute atomic E-state index is 13.1. The Balaban J connectivity index is 1.29. The minimum atomic E-state index is -0.0114. The second kappa shape index (κ2) is 8.37. The smallest absolute Gasteiger partial charge is 0.246 e. The van der Waals surface area contributed by atoms with Gasteiger partial charge in [-0.2, -0.15) is 4.80 Å². The van der Waals surface area contributed by atoms with Gasteiger partial charge in [0.15, 0.2) is 11.5 Å². The van der Waals surface area contributed by atoms with Crippen LogP contribution in [0.15, 0.2) is 42.5 Å². The number of likely N-dealkylation sites (tertiary alicyclic amines) is 1. The van der Waals surface area contributed by atoms with Crippen molar-refractivity contribution in [2.45, 2.75) is 38.8 Å². The van der Waals surface area contributed by atoms with Gasteiger partial charge < -0.3 is 14.4 Å². The van der Waals surface area contributed by atoms with E-state index in [2.05, 4.69) is 34.5 Å². The third-order valence-corrected chi connectivity index (χ3v) is 5.87. The monoisotopic (exact) mass is 419 g/mol. The molecule has 1 aromatic heterocycles. The van der Waals surface area contributed by atoms with Crippen molar-refractivity contribution >= 4 is 5.91 Å². The molecule has 3 heterocycles. The Morgan fingerprint density at radius 3 is 2.71 bits per heavy atom. The quantitative estimate of drug-likeness (QED) is 0.632. The molecule has 2 aliphatic rings. The highest BCUT2D eigenvalue weighted by atomic mass is 16.6. The summed E-state index contributed by atoms with van der Waals surface area (Å²) in [7, 11) is 0. The molecule has 3 aromatic rings. The summed E-state index contributed by atoms with van der Waals surface area (Å²) in [5, 5.41) is 12.6. The summed E-state index contributed by atoms with van der Waals surface area (Å²) in [6.45, 7) is 4.02. The highest BCUT2D eigenvalue weighted by Gasteiger charge is 2.31. The number of hydrogen-bond acceptors (Lipinski definition) is 6. The molecule has 31 heavy (non-hydrogen) atoms. The van der Waals surface area contributed by atoms with Crippen LogP contribution in [0.3, 0.4) is 0 Å². The predicted octanol–water partition coefficient (Wildman–Crippen LogP) is 3.04. The average Bonchev–Trinajstić information content (AvgIpc) is 3.49. The zero-order valence-electron chi connectivity index (χ0n) is 17.5. The van der Waals surface area contributed by atoms with Crippen LogP contribution >= 0.6 is 0 Å². The lowest BCUT2D eigenvalue weighted by molar-refractivity contribution is -0.133. The first-order valence-corrected chi connectivity index (χ1v) is 10.8. The highest BCUT2D eigenvalue weighted by molar-refractivity contribution is 5.76. The van der Waals surface area contributed by atoms with Crippen molar-refractivity contribution in [3.63, 3.8) is 0 Å². The Kier molecular flexibility index (Phi) is 5.28. The molecule has 1 fully saturated rings. The van der Waals surface area contributed by atoms with Gasteiger partial charge in [0.25, 0.3) is 0 Å². The maximum atomic E-state index is 13.1. The largest absolute Gasteiger partial charge is 0.486 e. The SMILES string of the molecule is CCc1ccc(-c2nnn(CC(=O)N3CCC[C@@H]3c3ccc4c(c3)OCCO4)n2)cc1. The first-order chi connectivity index (χ1) is 15.2. The van der Waals surface area contributed by atoms with Crippen LogP contribution in [0.25, 0.3) is 11.4 Å². The lowest BCUT2D eigenvalue weighted by Gasteiger charge is -2.26. The molecule has 160 valence electrons. The van der Waals surface area contributed by atoms with Gasteiger partial charge in [-0.1, -0.05) is 37.3 Å². The molecule has 0 aliphatic carbocycles. The van der Waals surface area contributed by atoms with Gasteiger partial charge in [0.1, 0.15) is 19.8 Å². The van der Waals surface area contributed by atoms with Crippen LogP contribution in [0.2, 0.25) is 0 Å². The Morgan fingerprint density at radius 2 is 1.90 bits per heavy atom. The van der Waals surface area contributed by atoms with E-state index in [4.69, 9.17) is 9.47 Å². The molecule has 8 nitrogen and oxygen atoms in total. The number of amides is 1. The molecule has 1 saturated heterocycles. The molecule has 0 saturated carbocycles. The Morgan fingerprint density at radius 1 is 1.10 bits per heavy atom. The van der Waals surface area contributed by atoms with Crippen LogP contribution in [-0.4, -0.2) is 50.8 Å². The third kappa shape index (κ3) is 3.97. The van der Waals surface area contributed by atoms with Gasteiger partial charge >= 0.3 is 0 Å². The van der Waals surface area contributed by atoms with E-state index in [1.165, 1.54) is 10.4 Å². The number of aryl methyl sites for hydroxylation is 1. The Hall–Kier alpha value is -3.42. The maximum Gasteiger partial charge on any atom is 0.246 e. The minimum Gasteiger partial charge on any atom is -0.486 e. The Bertz CT molecular complexity index is 1080. The number of fused-ring (bicyclic) bond motifs is 1. The molecule has 1 atom stereocenters. The number of nitrogens with zero attached hydrogens (tertiary/aromatic N) is 5. The molecule has 0 N–H and O–H groups in total. The first kappa shape index (κ1) is 19.5. The molecule has 8 heteroatoms. The third-order valence-electron chi connectivity index (χ3n) is 5.87. The van der Waals surface area contributed by atoms with Crippen LogP contribution in [0, 0.1) is 0 Å². The number of rotatable bonds is 5. The van der Waals surface area contributed by atoms with Gasteiger partial charge in [0.2, 0.25) is 11.7 Å². The molecular weight excluding hydrogens is 394 g/mol. The van der Waals surface area contributed by atoms with Gasteiger partial charge in [-0.05, 0) is 47.7 Å². The van der Waals surface area contributed by atoms with Crippen molar-refractivity contribution < 1.29 is 14.3 Å². The molecule has 0 radical (unpaired) electrons. The molecule has 0 bridgehead atoms. The second-order valence-corrected chi connectivity index (χ2v) is 7.84. The van der Waals surface area contributed by atoms with Gasteiger partial charge in [0, 0.05) is 12.1 Å². The standard InChI is InChI=1S/C23H25N5O3/c1-2-16-5-7-17(8-6-16)23-24-26-28(25-23)15-22(29)27-11-3-4-19(27)18-9-10-20-21(14-18)31-13-12-30-20/h5-10,14,19H,2-4,11-13,15H2,1H3/t19-/m1/s1. The van der Waals surface area contributed by atoms with Gasteiger partial charge in [-0.15, -0.1) is 10.2 Å². The zero-order chi connectivity index (χ0) is 21.2. The lowest BCUT2D eigenvalue weighted by Crippen LogP contribution is -2.34. The summed E-state index contributed by atoms with van der Waals surface area (Å²) in [4.78, 5) is 16.3. The van der Waals surface area contributed by atoms with Crippen molar-refractivity contribution in [3.05, 3.63) is 53.6 Å². The number of benzene rings is 2. The molecular formula is C23H25N5O3. The van der Waals surface area contributed by atoms with E-state index in [1.807, 2.05) is 35.2 Å². The lowest BCUT2D eigenvalue weighted by atomic mass is 10.0. The van der Waals surface area contributed by atoms with Gasteiger partial charge in [-0.3, -0.25) is 4.79 Å². The molecule has 2 aliphatic heterocycles. The van der Waals surface area contributed by atoms with Crippen molar-refractivity contribution in [3.8, 4) is 22.9 Å². The van der Waals surface area contributed by atoms with E-state index < -0.39 is 0 Å². The fourth-order valence-corrected chi connectivity index (χ4v) is 4.21. The fourth-order valence-electron chi connectivity index (χ4n) is 4.21. The summed E-state index contributed by atoms with van der Waals surface area (Å²) < 4.78 is 11.3.